The predicted molar refractivity (Wildman–Crippen MR) is 96.3 cm³/mol. The first-order valence-electron chi connectivity index (χ1n) is 7.83. The van der Waals surface area contributed by atoms with Gasteiger partial charge in [0, 0.05) is 18.4 Å². The maximum atomic E-state index is 11.3. The van der Waals surface area contributed by atoms with Gasteiger partial charge in [-0.1, -0.05) is 17.2 Å². The Balaban J connectivity index is 2.87. The molecule has 4 nitrogen and oxygen atoms in total. The first-order valence-corrected chi connectivity index (χ1v) is 7.83. The van der Waals surface area contributed by atoms with Gasteiger partial charge in [-0.25, -0.2) is 0 Å². The van der Waals surface area contributed by atoms with Crippen LogP contribution >= 0.6 is 0 Å². The van der Waals surface area contributed by atoms with Crippen molar-refractivity contribution in [3.05, 3.63) is 52.1 Å². The van der Waals surface area contributed by atoms with Gasteiger partial charge in [-0.05, 0) is 69.4 Å². The number of primary amides is 1. The van der Waals surface area contributed by atoms with Gasteiger partial charge in [0.25, 0.3) is 0 Å². The average molecular weight is 316 g/mol. The molecule has 23 heavy (non-hydrogen) atoms. The van der Waals surface area contributed by atoms with E-state index in [4.69, 9.17) is 16.2 Å². The number of nitrogens with two attached hydrogens (primary N) is 2. The van der Waals surface area contributed by atoms with E-state index in [1.807, 2.05) is 0 Å². The standard InChI is InChI=1S/C19H28N2O2/c1-13(2)14(3)5-6-15(12-23-4)7-8-16-11-17(19(21)22)9-10-18(16)20/h7,9-11H,5-6,8,12,20H2,1-4H3,(H2,21,22)/b15-7-. The lowest BCUT2D eigenvalue weighted by atomic mass is 10.00. The fourth-order valence-electron chi connectivity index (χ4n) is 2.21. The van der Waals surface area contributed by atoms with Crippen LogP contribution in [0, 0.1) is 0 Å². The number of carbonyl (C=O) groups excluding carboxylic acids is 1. The van der Waals surface area contributed by atoms with Crippen LogP contribution < -0.4 is 11.5 Å². The molecule has 0 aliphatic carbocycles. The van der Waals surface area contributed by atoms with Crippen molar-refractivity contribution in [2.24, 2.45) is 5.73 Å². The van der Waals surface area contributed by atoms with Gasteiger partial charge in [0.1, 0.15) is 0 Å². The number of rotatable bonds is 8. The van der Waals surface area contributed by atoms with E-state index in [0.717, 1.165) is 18.4 Å². The number of benzene rings is 1. The first-order chi connectivity index (χ1) is 10.8. The van der Waals surface area contributed by atoms with E-state index in [1.54, 1.807) is 25.3 Å². The molecule has 0 radical (unpaired) electrons. The van der Waals surface area contributed by atoms with Gasteiger partial charge < -0.3 is 16.2 Å². The van der Waals surface area contributed by atoms with Crippen molar-refractivity contribution in [2.45, 2.75) is 40.0 Å². The second-order valence-corrected chi connectivity index (χ2v) is 6.06. The van der Waals surface area contributed by atoms with Crippen LogP contribution in [0.4, 0.5) is 5.69 Å². The van der Waals surface area contributed by atoms with Crippen molar-refractivity contribution in [1.82, 2.24) is 0 Å². The van der Waals surface area contributed by atoms with E-state index < -0.39 is 5.91 Å². The van der Waals surface area contributed by atoms with Crippen molar-refractivity contribution in [3.63, 3.8) is 0 Å². The molecule has 0 heterocycles. The van der Waals surface area contributed by atoms with Crippen LogP contribution in [-0.4, -0.2) is 19.6 Å². The Bertz CT molecular complexity index is 612. The maximum absolute atomic E-state index is 11.3. The number of methoxy groups -OCH3 is 1. The zero-order valence-corrected chi connectivity index (χ0v) is 14.6. The van der Waals surface area contributed by atoms with Crippen LogP contribution in [-0.2, 0) is 11.2 Å². The van der Waals surface area contributed by atoms with E-state index in [-0.39, 0.29) is 0 Å². The van der Waals surface area contributed by atoms with Crippen LogP contribution in [0.15, 0.2) is 41.0 Å². The third-order valence-corrected chi connectivity index (χ3v) is 4.04. The molecule has 1 rings (SSSR count). The highest BCUT2D eigenvalue weighted by Crippen LogP contribution is 2.19. The molecule has 0 unspecified atom stereocenters. The summed E-state index contributed by atoms with van der Waals surface area (Å²) in [6.07, 6.45) is 4.78. The van der Waals surface area contributed by atoms with Crippen LogP contribution in [0.2, 0.25) is 0 Å². The molecule has 0 saturated heterocycles. The first kappa shape index (κ1) is 19.0. The van der Waals surface area contributed by atoms with Crippen LogP contribution in [0.1, 0.15) is 49.5 Å². The van der Waals surface area contributed by atoms with E-state index >= 15 is 0 Å². The molecule has 0 aromatic heterocycles. The molecule has 0 saturated carbocycles. The number of amides is 1. The SMILES string of the molecule is COC/C(=C\Cc1cc(C(N)=O)ccc1N)CCC(C)=C(C)C. The predicted octanol–water partition coefficient (Wildman–Crippen LogP) is 3.62. The monoisotopic (exact) mass is 316 g/mol. The molecule has 4 N–H and O–H groups in total. The van der Waals surface area contributed by atoms with Crippen molar-refractivity contribution in [1.29, 1.82) is 0 Å². The molecule has 0 fully saturated rings. The molecule has 0 atom stereocenters. The van der Waals surface area contributed by atoms with Gasteiger partial charge in [0.15, 0.2) is 0 Å². The Morgan fingerprint density at radius 3 is 2.48 bits per heavy atom. The lowest BCUT2D eigenvalue weighted by molar-refractivity contribution is 0.1000. The Morgan fingerprint density at radius 1 is 1.22 bits per heavy atom. The van der Waals surface area contributed by atoms with Gasteiger partial charge in [-0.3, -0.25) is 4.79 Å². The second-order valence-electron chi connectivity index (χ2n) is 6.06. The largest absolute Gasteiger partial charge is 0.398 e. The highest BCUT2D eigenvalue weighted by Gasteiger charge is 2.06. The van der Waals surface area contributed by atoms with Gasteiger partial charge in [0.2, 0.25) is 5.91 Å². The summed E-state index contributed by atoms with van der Waals surface area (Å²) in [5, 5.41) is 0. The number of anilines is 1. The van der Waals surface area contributed by atoms with Crippen LogP contribution in [0.25, 0.3) is 0 Å². The minimum Gasteiger partial charge on any atom is -0.398 e. The smallest absolute Gasteiger partial charge is 0.248 e. The highest BCUT2D eigenvalue weighted by molar-refractivity contribution is 5.93. The third kappa shape index (κ3) is 6.28. The zero-order valence-electron chi connectivity index (χ0n) is 14.6. The van der Waals surface area contributed by atoms with Crippen LogP contribution in [0.3, 0.4) is 0 Å². The van der Waals surface area contributed by atoms with Gasteiger partial charge in [0.05, 0.1) is 6.61 Å². The molecule has 1 aromatic rings. The third-order valence-electron chi connectivity index (χ3n) is 4.04. The summed E-state index contributed by atoms with van der Waals surface area (Å²) in [6, 6.07) is 5.14. The Kier molecular flexibility index (Phi) is 7.55. The summed E-state index contributed by atoms with van der Waals surface area (Å²) in [4.78, 5) is 11.3. The minimum absolute atomic E-state index is 0.438. The van der Waals surface area contributed by atoms with E-state index in [0.29, 0.717) is 24.3 Å². The second kappa shape index (κ2) is 9.16. The molecular formula is C19H28N2O2. The Labute approximate surface area is 139 Å². The Morgan fingerprint density at radius 2 is 1.91 bits per heavy atom. The van der Waals surface area contributed by atoms with E-state index in [1.165, 1.54) is 16.7 Å². The molecule has 0 bridgehead atoms. The summed E-state index contributed by atoms with van der Waals surface area (Å²) in [5.41, 5.74) is 17.4. The maximum Gasteiger partial charge on any atom is 0.248 e. The minimum atomic E-state index is -0.438. The fraction of sp³-hybridized carbons (Fsp3) is 0.421. The molecule has 0 spiro atoms. The topological polar surface area (TPSA) is 78.3 Å². The number of nitrogen functional groups attached to an aromatic ring is 1. The number of hydrogen-bond donors (Lipinski definition) is 2. The molecule has 4 heteroatoms. The van der Waals surface area contributed by atoms with Gasteiger partial charge in [-0.2, -0.15) is 0 Å². The Hall–Kier alpha value is -2.07. The fourth-order valence-corrected chi connectivity index (χ4v) is 2.21. The number of hydrogen-bond acceptors (Lipinski definition) is 3. The van der Waals surface area contributed by atoms with E-state index in [9.17, 15) is 4.79 Å². The molecule has 126 valence electrons. The van der Waals surface area contributed by atoms with E-state index in [2.05, 4.69) is 26.8 Å². The van der Waals surface area contributed by atoms with Gasteiger partial charge in [-0.15, -0.1) is 0 Å². The number of ether oxygens (including phenoxy) is 1. The van der Waals surface area contributed by atoms with Gasteiger partial charge >= 0.3 is 0 Å². The lowest BCUT2D eigenvalue weighted by Crippen LogP contribution is -2.11. The van der Waals surface area contributed by atoms with Crippen LogP contribution in [0.5, 0.6) is 0 Å². The summed E-state index contributed by atoms with van der Waals surface area (Å²) in [6.45, 7) is 7.02. The average Bonchev–Trinajstić information content (AvgIpc) is 2.50. The normalized spacial score (nSPS) is 11.4. The zero-order chi connectivity index (χ0) is 17.4. The highest BCUT2D eigenvalue weighted by atomic mass is 16.5. The molecular weight excluding hydrogens is 288 g/mol. The summed E-state index contributed by atoms with van der Waals surface area (Å²) in [5.74, 6) is -0.438. The molecule has 0 aliphatic rings. The summed E-state index contributed by atoms with van der Waals surface area (Å²) in [7, 11) is 1.70. The van der Waals surface area contributed by atoms with Crippen molar-refractivity contribution in [3.8, 4) is 0 Å². The summed E-state index contributed by atoms with van der Waals surface area (Å²) < 4.78 is 5.29. The molecule has 1 amide bonds. The quantitative estimate of drug-likeness (QED) is 0.568. The number of carbonyl (C=O) groups is 1. The van der Waals surface area contributed by atoms with Crippen molar-refractivity contribution >= 4 is 11.6 Å². The van der Waals surface area contributed by atoms with Crippen molar-refractivity contribution < 1.29 is 9.53 Å². The lowest BCUT2D eigenvalue weighted by Gasteiger charge is -2.10. The molecule has 0 aliphatic heterocycles. The number of allylic oxidation sites excluding steroid dienone is 3. The summed E-state index contributed by atoms with van der Waals surface area (Å²) >= 11 is 0. The van der Waals surface area contributed by atoms with Crippen molar-refractivity contribution in [2.75, 3.05) is 19.5 Å². The molecule has 1 aromatic carbocycles.